The molecule has 3 heteroatoms. The van der Waals surface area contributed by atoms with Gasteiger partial charge in [-0.25, -0.2) is 0 Å². The summed E-state index contributed by atoms with van der Waals surface area (Å²) < 4.78 is 0. The van der Waals surface area contributed by atoms with Gasteiger partial charge in [0, 0.05) is 0 Å². The number of hydrogen-bond donors (Lipinski definition) is 0. The molecule has 5 rings (SSSR count). The maximum absolute atomic E-state index is 13.8. The third-order valence-corrected chi connectivity index (χ3v) is 13.1. The zero-order valence-corrected chi connectivity index (χ0v) is 18.9. The molecular weight excluding hydrogens is 423 g/mol. The van der Waals surface area contributed by atoms with Gasteiger partial charge in [-0.2, -0.15) is 0 Å². The molecule has 0 fully saturated rings. The number of rotatable bonds is 5. The first-order valence-corrected chi connectivity index (χ1v) is 13.1. The van der Waals surface area contributed by atoms with E-state index in [1.165, 1.54) is 12.2 Å². The van der Waals surface area contributed by atoms with Crippen molar-refractivity contribution in [2.24, 2.45) is 0 Å². The molecule has 2 nitrogen and oxygen atoms in total. The van der Waals surface area contributed by atoms with Gasteiger partial charge in [0.1, 0.15) is 0 Å². The quantitative estimate of drug-likeness (QED) is 0.336. The third kappa shape index (κ3) is 2.92. The number of benzene rings is 4. The van der Waals surface area contributed by atoms with E-state index in [0.29, 0.717) is 5.31 Å². The van der Waals surface area contributed by atoms with Crippen LogP contribution in [0.25, 0.3) is 0 Å². The second kappa shape index (κ2) is 8.24. The van der Waals surface area contributed by atoms with Gasteiger partial charge < -0.3 is 0 Å². The molecule has 33 heavy (non-hydrogen) atoms. The number of carbonyl (C=O) groups is 2. The van der Waals surface area contributed by atoms with Crippen LogP contribution in [0.1, 0.15) is 0 Å². The van der Waals surface area contributed by atoms with Crippen molar-refractivity contribution in [1.82, 2.24) is 0 Å². The van der Waals surface area contributed by atoms with E-state index < -0.39 is 6.60 Å². The van der Waals surface area contributed by atoms with E-state index in [0.717, 1.165) is 21.2 Å². The molecule has 0 N–H and O–H groups in total. The Labute approximate surface area is 193 Å². The number of ketones is 2. The summed E-state index contributed by atoms with van der Waals surface area (Å²) in [7, 11) is 0. The standard InChI is InChI=1S/C30H23O2P/c31-24-21-22-29(32)30(23-24)33(25-13-5-1-6-14-25,26-15-7-2-8-16-26,27-17-9-3-10-18-27)28-19-11-4-12-20-28/h1-23H. The summed E-state index contributed by atoms with van der Waals surface area (Å²) in [4.78, 5) is 26.6. The molecule has 0 saturated carbocycles. The molecule has 160 valence electrons. The Morgan fingerprint density at radius 1 is 0.424 bits per heavy atom. The van der Waals surface area contributed by atoms with Crippen molar-refractivity contribution in [3.05, 3.63) is 145 Å². The molecule has 0 amide bonds. The Kier molecular flexibility index (Phi) is 5.24. The molecule has 0 atom stereocenters. The summed E-state index contributed by atoms with van der Waals surface area (Å²) in [6.45, 7) is -3.85. The topological polar surface area (TPSA) is 34.1 Å². The molecular formula is C30H23O2P. The van der Waals surface area contributed by atoms with Gasteiger partial charge in [0.05, 0.1) is 0 Å². The van der Waals surface area contributed by atoms with Crippen LogP contribution < -0.4 is 21.2 Å². The van der Waals surface area contributed by atoms with Crippen LogP contribution >= 0.6 is 6.60 Å². The van der Waals surface area contributed by atoms with Crippen LogP contribution in [0.5, 0.6) is 0 Å². The van der Waals surface area contributed by atoms with Gasteiger partial charge in [-0.3, -0.25) is 0 Å². The summed E-state index contributed by atoms with van der Waals surface area (Å²) in [5.41, 5.74) is 0. The Morgan fingerprint density at radius 3 is 1.09 bits per heavy atom. The predicted octanol–water partition coefficient (Wildman–Crippen LogP) is 4.43. The zero-order valence-electron chi connectivity index (χ0n) is 18.0. The molecule has 4 aromatic carbocycles. The second-order valence-corrected chi connectivity index (χ2v) is 12.9. The molecule has 1 aliphatic carbocycles. The van der Waals surface area contributed by atoms with Crippen molar-refractivity contribution in [3.8, 4) is 0 Å². The average molecular weight is 446 g/mol. The Balaban J connectivity index is 2.15. The molecule has 4 aromatic rings. The van der Waals surface area contributed by atoms with Gasteiger partial charge in [-0.05, 0) is 0 Å². The molecule has 0 spiro atoms. The number of carbonyl (C=O) groups excluding carboxylic acids is 2. The van der Waals surface area contributed by atoms with Crippen LogP contribution in [0.15, 0.2) is 145 Å². The van der Waals surface area contributed by atoms with E-state index in [1.807, 2.05) is 72.8 Å². The molecule has 0 aliphatic heterocycles. The summed E-state index contributed by atoms with van der Waals surface area (Å²) >= 11 is 0. The zero-order chi connectivity index (χ0) is 22.8. The van der Waals surface area contributed by atoms with Crippen molar-refractivity contribution in [1.29, 1.82) is 0 Å². The number of allylic oxidation sites excluding steroid dienone is 4. The van der Waals surface area contributed by atoms with E-state index in [9.17, 15) is 9.59 Å². The molecule has 1 aliphatic rings. The summed E-state index contributed by atoms with van der Waals surface area (Å²) in [6, 6.07) is 40.8. The van der Waals surface area contributed by atoms with Gasteiger partial charge in [-0.1, -0.05) is 0 Å². The fraction of sp³-hybridized carbons (Fsp3) is 0. The van der Waals surface area contributed by atoms with Crippen LogP contribution in [-0.2, 0) is 9.59 Å². The summed E-state index contributed by atoms with van der Waals surface area (Å²) in [5, 5.41) is 4.64. The predicted molar refractivity (Wildman–Crippen MR) is 138 cm³/mol. The fourth-order valence-corrected chi connectivity index (χ4v) is 12.1. The first kappa shape index (κ1) is 21.0. The van der Waals surface area contributed by atoms with Gasteiger partial charge in [0.15, 0.2) is 0 Å². The molecule has 0 radical (unpaired) electrons. The monoisotopic (exact) mass is 446 g/mol. The van der Waals surface area contributed by atoms with Crippen molar-refractivity contribution in [3.63, 3.8) is 0 Å². The van der Waals surface area contributed by atoms with Crippen LogP contribution in [0.4, 0.5) is 0 Å². The minimum atomic E-state index is -3.85. The van der Waals surface area contributed by atoms with E-state index >= 15 is 0 Å². The minimum absolute atomic E-state index is 0.132. The van der Waals surface area contributed by atoms with E-state index in [4.69, 9.17) is 0 Å². The fourth-order valence-electron chi connectivity index (χ4n) is 5.20. The Bertz CT molecular complexity index is 1200. The van der Waals surface area contributed by atoms with Gasteiger partial charge in [0.2, 0.25) is 0 Å². The van der Waals surface area contributed by atoms with E-state index in [-0.39, 0.29) is 11.6 Å². The van der Waals surface area contributed by atoms with E-state index in [2.05, 4.69) is 48.5 Å². The molecule has 0 aromatic heterocycles. The van der Waals surface area contributed by atoms with Crippen LogP contribution in [0.2, 0.25) is 0 Å². The molecule has 0 unspecified atom stereocenters. The van der Waals surface area contributed by atoms with Crippen molar-refractivity contribution in [2.75, 3.05) is 0 Å². The van der Waals surface area contributed by atoms with Crippen molar-refractivity contribution in [2.45, 2.75) is 0 Å². The molecule has 0 bridgehead atoms. The summed E-state index contributed by atoms with van der Waals surface area (Å²) in [5.74, 6) is -0.301. The van der Waals surface area contributed by atoms with Gasteiger partial charge in [-0.15, -0.1) is 0 Å². The third-order valence-electron chi connectivity index (χ3n) is 6.50. The normalized spacial score (nSPS) is 14.9. The summed E-state index contributed by atoms with van der Waals surface area (Å²) in [6.07, 6.45) is 4.36. The average Bonchev–Trinajstić information content (AvgIpc) is 2.89. The van der Waals surface area contributed by atoms with Crippen LogP contribution in [0, 0.1) is 0 Å². The number of hydrogen-bond acceptors (Lipinski definition) is 2. The van der Waals surface area contributed by atoms with E-state index in [1.54, 1.807) is 6.08 Å². The van der Waals surface area contributed by atoms with Crippen molar-refractivity contribution < 1.29 is 9.59 Å². The van der Waals surface area contributed by atoms with Crippen LogP contribution in [-0.4, -0.2) is 11.6 Å². The Morgan fingerprint density at radius 2 is 0.758 bits per heavy atom. The second-order valence-electron chi connectivity index (χ2n) is 8.09. The first-order chi connectivity index (χ1) is 16.2. The maximum atomic E-state index is 13.8. The Hall–Kier alpha value is -3.87. The SMILES string of the molecule is O=C1C=CC(=O)C(P(c2ccccc2)(c2ccccc2)(c2ccccc2)c2ccccc2)=C1. The van der Waals surface area contributed by atoms with Crippen LogP contribution in [0.3, 0.4) is 0 Å². The van der Waals surface area contributed by atoms with Gasteiger partial charge >= 0.3 is 194 Å². The van der Waals surface area contributed by atoms with Crippen molar-refractivity contribution >= 4 is 39.4 Å². The van der Waals surface area contributed by atoms with Gasteiger partial charge in [0.25, 0.3) is 0 Å². The first-order valence-electron chi connectivity index (χ1n) is 10.9. The molecule has 0 heterocycles. The molecule has 0 saturated heterocycles.